The van der Waals surface area contributed by atoms with E-state index in [2.05, 4.69) is 15.3 Å². The summed E-state index contributed by atoms with van der Waals surface area (Å²) in [5.41, 5.74) is 1.30. The van der Waals surface area contributed by atoms with Gasteiger partial charge in [-0.25, -0.2) is 4.98 Å². The Morgan fingerprint density at radius 1 is 1.75 bits per heavy atom. The molecule has 1 aliphatic heterocycles. The number of ether oxygens (including phenoxy) is 1. The highest BCUT2D eigenvalue weighted by Gasteiger charge is 2.16. The molecule has 88 valence electrons. The summed E-state index contributed by atoms with van der Waals surface area (Å²) in [6.07, 6.45) is 3.63. The molecule has 0 aliphatic carbocycles. The number of aryl methyl sites for hydroxylation is 1. The summed E-state index contributed by atoms with van der Waals surface area (Å²) in [6, 6.07) is 0. The minimum Gasteiger partial charge on any atom is -0.381 e. The second-order valence-corrected chi connectivity index (χ2v) is 4.15. The van der Waals surface area contributed by atoms with Gasteiger partial charge in [-0.1, -0.05) is 0 Å². The summed E-state index contributed by atoms with van der Waals surface area (Å²) in [4.78, 5) is 18.5. The fraction of sp³-hybridized carbons (Fsp3) is 0.636. The molecule has 1 amide bonds. The van der Waals surface area contributed by atoms with Crippen LogP contribution in [0.4, 0.5) is 0 Å². The first kappa shape index (κ1) is 11.1. The summed E-state index contributed by atoms with van der Waals surface area (Å²) in [6.45, 7) is 4.22. The lowest BCUT2D eigenvalue weighted by atomic mass is 10.1. The van der Waals surface area contributed by atoms with Crippen LogP contribution in [0.1, 0.15) is 29.0 Å². The van der Waals surface area contributed by atoms with Crippen molar-refractivity contribution in [1.29, 1.82) is 0 Å². The largest absolute Gasteiger partial charge is 0.381 e. The Bertz CT molecular complexity index is 356. The van der Waals surface area contributed by atoms with E-state index in [4.69, 9.17) is 4.74 Å². The van der Waals surface area contributed by atoms with Crippen LogP contribution < -0.4 is 5.32 Å². The standard InChI is InChI=1S/C11H17N3O2/c1-8-10(14-7-13-8)11(15)12-4-2-9-3-5-16-6-9/h7,9H,2-6H2,1H3,(H,12,15)(H,13,14)/t9-/m0/s1. The van der Waals surface area contributed by atoms with Crippen molar-refractivity contribution in [3.63, 3.8) is 0 Å². The predicted octanol–water partition coefficient (Wildman–Crippen LogP) is 0.875. The number of aromatic amines is 1. The fourth-order valence-electron chi connectivity index (χ4n) is 1.87. The Labute approximate surface area is 94.6 Å². The van der Waals surface area contributed by atoms with Crippen LogP contribution in [-0.4, -0.2) is 35.6 Å². The number of hydrogen-bond donors (Lipinski definition) is 2. The Morgan fingerprint density at radius 3 is 3.25 bits per heavy atom. The molecule has 1 aromatic rings. The molecule has 0 unspecified atom stereocenters. The van der Waals surface area contributed by atoms with Gasteiger partial charge in [0.25, 0.3) is 5.91 Å². The Balaban J connectivity index is 1.73. The van der Waals surface area contributed by atoms with Crippen molar-refractivity contribution in [1.82, 2.24) is 15.3 Å². The minimum atomic E-state index is -0.0994. The molecule has 5 nitrogen and oxygen atoms in total. The third kappa shape index (κ3) is 2.61. The van der Waals surface area contributed by atoms with Crippen LogP contribution in [-0.2, 0) is 4.74 Å². The van der Waals surface area contributed by atoms with Crippen molar-refractivity contribution in [3.05, 3.63) is 17.7 Å². The molecule has 0 bridgehead atoms. The maximum atomic E-state index is 11.7. The molecule has 2 rings (SSSR count). The monoisotopic (exact) mass is 223 g/mol. The van der Waals surface area contributed by atoms with Crippen molar-refractivity contribution in [3.8, 4) is 0 Å². The van der Waals surface area contributed by atoms with E-state index < -0.39 is 0 Å². The van der Waals surface area contributed by atoms with Gasteiger partial charge in [0.15, 0.2) is 0 Å². The number of nitrogens with one attached hydrogen (secondary N) is 2. The Morgan fingerprint density at radius 2 is 2.62 bits per heavy atom. The van der Waals surface area contributed by atoms with Gasteiger partial charge in [0.2, 0.25) is 0 Å². The first-order valence-electron chi connectivity index (χ1n) is 5.63. The highest BCUT2D eigenvalue weighted by Crippen LogP contribution is 2.15. The zero-order chi connectivity index (χ0) is 11.4. The van der Waals surface area contributed by atoms with E-state index in [1.165, 1.54) is 6.33 Å². The summed E-state index contributed by atoms with van der Waals surface area (Å²) in [5, 5.41) is 2.88. The van der Waals surface area contributed by atoms with Gasteiger partial charge in [-0.3, -0.25) is 4.79 Å². The van der Waals surface area contributed by atoms with Gasteiger partial charge in [0, 0.05) is 25.5 Å². The fourth-order valence-corrected chi connectivity index (χ4v) is 1.87. The highest BCUT2D eigenvalue weighted by atomic mass is 16.5. The van der Waals surface area contributed by atoms with Crippen molar-refractivity contribution in [2.45, 2.75) is 19.8 Å². The molecular weight excluding hydrogens is 206 g/mol. The lowest BCUT2D eigenvalue weighted by Gasteiger charge is -2.07. The maximum absolute atomic E-state index is 11.7. The molecule has 0 radical (unpaired) electrons. The van der Waals surface area contributed by atoms with E-state index in [0.717, 1.165) is 31.7 Å². The topological polar surface area (TPSA) is 67.0 Å². The SMILES string of the molecule is Cc1[nH]cnc1C(=O)NCC[C@H]1CCOC1. The van der Waals surface area contributed by atoms with Gasteiger partial charge >= 0.3 is 0 Å². The summed E-state index contributed by atoms with van der Waals surface area (Å²) in [5.74, 6) is 0.498. The Hall–Kier alpha value is -1.36. The second kappa shape index (κ2) is 5.12. The molecule has 2 N–H and O–H groups in total. The number of carbonyl (C=O) groups excluding carboxylic acids is 1. The molecule has 1 fully saturated rings. The molecule has 1 aliphatic rings. The molecule has 0 saturated carbocycles. The minimum absolute atomic E-state index is 0.0994. The quantitative estimate of drug-likeness (QED) is 0.796. The predicted molar refractivity (Wildman–Crippen MR) is 59.2 cm³/mol. The molecule has 5 heteroatoms. The zero-order valence-electron chi connectivity index (χ0n) is 9.45. The Kier molecular flexibility index (Phi) is 3.56. The van der Waals surface area contributed by atoms with Gasteiger partial charge in [0.1, 0.15) is 5.69 Å². The number of rotatable bonds is 4. The van der Waals surface area contributed by atoms with Crippen LogP contribution >= 0.6 is 0 Å². The second-order valence-electron chi connectivity index (χ2n) is 4.15. The van der Waals surface area contributed by atoms with Crippen LogP contribution in [0.25, 0.3) is 0 Å². The summed E-state index contributed by atoms with van der Waals surface area (Å²) in [7, 11) is 0. The molecule has 0 spiro atoms. The third-order valence-corrected chi connectivity index (χ3v) is 2.91. The van der Waals surface area contributed by atoms with Gasteiger partial charge in [-0.2, -0.15) is 0 Å². The number of aromatic nitrogens is 2. The number of H-pyrrole nitrogens is 1. The average molecular weight is 223 g/mol. The number of carbonyl (C=O) groups is 1. The van der Waals surface area contributed by atoms with Crippen molar-refractivity contribution < 1.29 is 9.53 Å². The normalized spacial score (nSPS) is 19.9. The number of amides is 1. The molecule has 16 heavy (non-hydrogen) atoms. The first-order chi connectivity index (χ1) is 7.77. The molecule has 1 atom stereocenters. The van der Waals surface area contributed by atoms with E-state index in [9.17, 15) is 4.79 Å². The number of imidazole rings is 1. The van der Waals surface area contributed by atoms with E-state index in [1.54, 1.807) is 0 Å². The molecule has 1 aromatic heterocycles. The maximum Gasteiger partial charge on any atom is 0.271 e. The van der Waals surface area contributed by atoms with E-state index in [1.807, 2.05) is 6.92 Å². The molecule has 2 heterocycles. The smallest absolute Gasteiger partial charge is 0.271 e. The van der Waals surface area contributed by atoms with Crippen LogP contribution in [0.2, 0.25) is 0 Å². The molecule has 1 saturated heterocycles. The van der Waals surface area contributed by atoms with Crippen molar-refractivity contribution in [2.75, 3.05) is 19.8 Å². The van der Waals surface area contributed by atoms with Crippen LogP contribution in [0.5, 0.6) is 0 Å². The van der Waals surface area contributed by atoms with Crippen molar-refractivity contribution >= 4 is 5.91 Å². The first-order valence-corrected chi connectivity index (χ1v) is 5.63. The van der Waals surface area contributed by atoms with Gasteiger partial charge in [0.05, 0.1) is 6.33 Å². The number of hydrogen-bond acceptors (Lipinski definition) is 3. The summed E-state index contributed by atoms with van der Waals surface area (Å²) >= 11 is 0. The number of nitrogens with zero attached hydrogens (tertiary/aromatic N) is 1. The van der Waals surface area contributed by atoms with Gasteiger partial charge in [-0.05, 0) is 25.7 Å². The third-order valence-electron chi connectivity index (χ3n) is 2.91. The van der Waals surface area contributed by atoms with Gasteiger partial charge < -0.3 is 15.0 Å². The van der Waals surface area contributed by atoms with Crippen LogP contribution in [0.3, 0.4) is 0 Å². The molecular formula is C11H17N3O2. The highest BCUT2D eigenvalue weighted by molar-refractivity contribution is 5.93. The lowest BCUT2D eigenvalue weighted by molar-refractivity contribution is 0.0945. The van der Waals surface area contributed by atoms with Crippen molar-refractivity contribution in [2.24, 2.45) is 5.92 Å². The van der Waals surface area contributed by atoms with E-state index >= 15 is 0 Å². The zero-order valence-corrected chi connectivity index (χ0v) is 9.45. The van der Waals surface area contributed by atoms with E-state index in [0.29, 0.717) is 18.2 Å². The van der Waals surface area contributed by atoms with Crippen LogP contribution in [0.15, 0.2) is 6.33 Å². The molecule has 0 aromatic carbocycles. The van der Waals surface area contributed by atoms with Gasteiger partial charge in [-0.15, -0.1) is 0 Å². The average Bonchev–Trinajstić information content (AvgIpc) is 2.88. The summed E-state index contributed by atoms with van der Waals surface area (Å²) < 4.78 is 5.28. The van der Waals surface area contributed by atoms with E-state index in [-0.39, 0.29) is 5.91 Å². The lowest BCUT2D eigenvalue weighted by Crippen LogP contribution is -2.27. The van der Waals surface area contributed by atoms with Crippen LogP contribution in [0, 0.1) is 12.8 Å².